The van der Waals surface area contributed by atoms with Crippen LogP contribution in [0.15, 0.2) is 48.5 Å². The van der Waals surface area contributed by atoms with Crippen molar-refractivity contribution in [3.05, 3.63) is 64.0 Å². The van der Waals surface area contributed by atoms with Gasteiger partial charge in [0.2, 0.25) is 0 Å². The second-order valence-electron chi connectivity index (χ2n) is 4.48. The number of aromatic carboxylic acids is 1. The Morgan fingerprint density at radius 2 is 1.95 bits per heavy atom. The molecule has 0 bridgehead atoms. The molecule has 0 aliphatic carbocycles. The predicted octanol–water partition coefficient (Wildman–Crippen LogP) is 4.83. The van der Waals surface area contributed by atoms with Crippen molar-refractivity contribution >= 4 is 39.0 Å². The van der Waals surface area contributed by atoms with Crippen LogP contribution in [0.5, 0.6) is 5.75 Å². The molecule has 2 aromatic carbocycles. The van der Waals surface area contributed by atoms with Gasteiger partial charge in [0.15, 0.2) is 0 Å². The van der Waals surface area contributed by atoms with Gasteiger partial charge in [-0.3, -0.25) is 0 Å². The second kappa shape index (κ2) is 5.76. The molecule has 0 radical (unpaired) electrons. The Hall–Kier alpha value is -2.04. The van der Waals surface area contributed by atoms with E-state index >= 15 is 0 Å². The van der Waals surface area contributed by atoms with Gasteiger partial charge in [-0.2, -0.15) is 0 Å². The topological polar surface area (TPSA) is 46.5 Å². The van der Waals surface area contributed by atoms with E-state index in [0.29, 0.717) is 12.4 Å². The van der Waals surface area contributed by atoms with Crippen LogP contribution < -0.4 is 4.74 Å². The predicted molar refractivity (Wildman–Crippen MR) is 84.6 cm³/mol. The van der Waals surface area contributed by atoms with Crippen LogP contribution in [0.25, 0.3) is 10.1 Å². The number of thiophene rings is 1. The minimum atomic E-state index is -1.01. The molecule has 21 heavy (non-hydrogen) atoms. The molecule has 0 saturated heterocycles. The molecule has 0 spiro atoms. The van der Waals surface area contributed by atoms with E-state index in [1.165, 1.54) is 0 Å². The highest BCUT2D eigenvalue weighted by molar-refractivity contribution is 7.21. The van der Waals surface area contributed by atoms with Crippen LogP contribution in [-0.2, 0) is 6.61 Å². The van der Waals surface area contributed by atoms with Crippen LogP contribution in [0.4, 0.5) is 0 Å². The smallest absolute Gasteiger partial charge is 0.347 e. The first-order chi connectivity index (χ1) is 10.1. The van der Waals surface area contributed by atoms with Crippen LogP contribution in [0.1, 0.15) is 15.2 Å². The van der Waals surface area contributed by atoms with E-state index in [9.17, 15) is 4.79 Å². The zero-order valence-electron chi connectivity index (χ0n) is 10.9. The van der Waals surface area contributed by atoms with Crippen molar-refractivity contribution < 1.29 is 14.6 Å². The molecule has 1 aromatic heterocycles. The summed E-state index contributed by atoms with van der Waals surface area (Å²) in [7, 11) is 0. The fraction of sp³-hybridized carbons (Fsp3) is 0.0625. The fourth-order valence-electron chi connectivity index (χ4n) is 2.01. The van der Waals surface area contributed by atoms with E-state index < -0.39 is 5.97 Å². The molecule has 0 unspecified atom stereocenters. The number of hydrogen-bond donors (Lipinski definition) is 1. The van der Waals surface area contributed by atoms with Crippen molar-refractivity contribution in [1.82, 2.24) is 0 Å². The van der Waals surface area contributed by atoms with Crippen molar-refractivity contribution in [3.8, 4) is 5.75 Å². The molecular formula is C16H11ClO3S. The lowest BCUT2D eigenvalue weighted by Gasteiger charge is -2.06. The standard InChI is InChI=1S/C16H11ClO3S/c17-14-12-7-6-11(8-13(12)21-15(14)16(18)19)20-9-10-4-2-1-3-5-10/h1-8H,9H2,(H,18,19). The van der Waals surface area contributed by atoms with E-state index in [0.717, 1.165) is 27.0 Å². The molecule has 0 fully saturated rings. The third-order valence-electron chi connectivity index (χ3n) is 3.04. The van der Waals surface area contributed by atoms with Gasteiger partial charge >= 0.3 is 5.97 Å². The molecule has 0 atom stereocenters. The molecule has 1 heterocycles. The summed E-state index contributed by atoms with van der Waals surface area (Å²) >= 11 is 7.22. The number of hydrogen-bond acceptors (Lipinski definition) is 3. The first-order valence-electron chi connectivity index (χ1n) is 6.27. The highest BCUT2D eigenvalue weighted by Gasteiger charge is 2.16. The fourth-order valence-corrected chi connectivity index (χ4v) is 3.39. The molecule has 3 aromatic rings. The Kier molecular flexibility index (Phi) is 3.82. The average Bonchev–Trinajstić information content (AvgIpc) is 2.83. The van der Waals surface area contributed by atoms with Gasteiger partial charge in [0, 0.05) is 10.1 Å². The number of rotatable bonds is 4. The summed E-state index contributed by atoms with van der Waals surface area (Å²) in [5.41, 5.74) is 1.08. The lowest BCUT2D eigenvalue weighted by molar-refractivity contribution is 0.0702. The van der Waals surface area contributed by atoms with E-state index in [-0.39, 0.29) is 9.90 Å². The van der Waals surface area contributed by atoms with Gasteiger partial charge in [-0.15, -0.1) is 11.3 Å². The van der Waals surface area contributed by atoms with E-state index in [2.05, 4.69) is 0 Å². The van der Waals surface area contributed by atoms with Crippen LogP contribution in [0, 0.1) is 0 Å². The highest BCUT2D eigenvalue weighted by Crippen LogP contribution is 2.37. The lowest BCUT2D eigenvalue weighted by Crippen LogP contribution is -1.94. The number of halogens is 1. The summed E-state index contributed by atoms with van der Waals surface area (Å²) in [6, 6.07) is 15.3. The minimum absolute atomic E-state index is 0.159. The maximum Gasteiger partial charge on any atom is 0.347 e. The van der Waals surface area contributed by atoms with E-state index in [1.54, 1.807) is 12.1 Å². The highest BCUT2D eigenvalue weighted by atomic mass is 35.5. The number of fused-ring (bicyclic) bond motifs is 1. The van der Waals surface area contributed by atoms with Gasteiger partial charge in [-0.05, 0) is 23.8 Å². The van der Waals surface area contributed by atoms with Crippen molar-refractivity contribution in [1.29, 1.82) is 0 Å². The molecule has 106 valence electrons. The zero-order valence-corrected chi connectivity index (χ0v) is 12.4. The third kappa shape index (κ3) is 2.86. The minimum Gasteiger partial charge on any atom is -0.489 e. The number of carbonyl (C=O) groups is 1. The van der Waals surface area contributed by atoms with Crippen molar-refractivity contribution in [2.75, 3.05) is 0 Å². The third-order valence-corrected chi connectivity index (χ3v) is 4.69. The van der Waals surface area contributed by atoms with Crippen LogP contribution >= 0.6 is 22.9 Å². The van der Waals surface area contributed by atoms with Crippen molar-refractivity contribution in [2.24, 2.45) is 0 Å². The zero-order chi connectivity index (χ0) is 14.8. The Balaban J connectivity index is 1.86. The quantitative estimate of drug-likeness (QED) is 0.749. The number of carboxylic acids is 1. The van der Waals surface area contributed by atoms with Crippen LogP contribution in [0.3, 0.4) is 0 Å². The molecule has 3 rings (SSSR count). The van der Waals surface area contributed by atoms with E-state index in [4.69, 9.17) is 21.4 Å². The van der Waals surface area contributed by atoms with Gasteiger partial charge in [0.25, 0.3) is 0 Å². The molecule has 1 N–H and O–H groups in total. The number of carboxylic acid groups (broad SMARTS) is 1. The Morgan fingerprint density at radius 1 is 1.19 bits per heavy atom. The van der Waals surface area contributed by atoms with Crippen molar-refractivity contribution in [2.45, 2.75) is 6.61 Å². The monoisotopic (exact) mass is 318 g/mol. The molecular weight excluding hydrogens is 308 g/mol. The van der Waals surface area contributed by atoms with Gasteiger partial charge in [0.1, 0.15) is 17.2 Å². The van der Waals surface area contributed by atoms with Gasteiger partial charge in [-0.25, -0.2) is 4.79 Å². The molecule has 3 nitrogen and oxygen atoms in total. The number of benzene rings is 2. The molecule has 5 heteroatoms. The summed E-state index contributed by atoms with van der Waals surface area (Å²) in [6.45, 7) is 0.469. The van der Waals surface area contributed by atoms with Gasteiger partial charge in [-0.1, -0.05) is 41.9 Å². The first kappa shape index (κ1) is 13.9. The van der Waals surface area contributed by atoms with Gasteiger partial charge < -0.3 is 9.84 Å². The summed E-state index contributed by atoms with van der Waals surface area (Å²) < 4.78 is 6.53. The SMILES string of the molecule is O=C(O)c1sc2cc(OCc3ccccc3)ccc2c1Cl. The molecule has 0 amide bonds. The first-order valence-corrected chi connectivity index (χ1v) is 7.46. The Bertz CT molecular complexity index is 796. The second-order valence-corrected chi connectivity index (χ2v) is 5.91. The average molecular weight is 319 g/mol. The summed E-state index contributed by atoms with van der Waals surface area (Å²) in [5, 5.41) is 10.1. The largest absolute Gasteiger partial charge is 0.489 e. The molecule has 0 aliphatic heterocycles. The summed E-state index contributed by atoms with van der Waals surface area (Å²) in [5.74, 6) is -0.311. The number of ether oxygens (including phenoxy) is 1. The Labute approximate surface area is 130 Å². The molecule has 0 aliphatic rings. The molecule has 0 saturated carbocycles. The van der Waals surface area contributed by atoms with Crippen LogP contribution in [-0.4, -0.2) is 11.1 Å². The van der Waals surface area contributed by atoms with Gasteiger partial charge in [0.05, 0.1) is 5.02 Å². The van der Waals surface area contributed by atoms with Crippen LogP contribution in [0.2, 0.25) is 5.02 Å². The summed E-state index contributed by atoms with van der Waals surface area (Å²) in [4.78, 5) is 11.2. The maximum absolute atomic E-state index is 11.1. The lowest BCUT2D eigenvalue weighted by atomic mass is 10.2. The maximum atomic E-state index is 11.1. The van der Waals surface area contributed by atoms with Crippen molar-refractivity contribution in [3.63, 3.8) is 0 Å². The Morgan fingerprint density at radius 3 is 2.67 bits per heavy atom. The summed E-state index contributed by atoms with van der Waals surface area (Å²) in [6.07, 6.45) is 0. The van der Waals surface area contributed by atoms with E-state index in [1.807, 2.05) is 36.4 Å². The normalized spacial score (nSPS) is 10.7.